The van der Waals surface area contributed by atoms with Crippen LogP contribution >= 0.6 is 0 Å². The van der Waals surface area contributed by atoms with Gasteiger partial charge in [-0.3, -0.25) is 4.79 Å². The van der Waals surface area contributed by atoms with Crippen LogP contribution in [0, 0.1) is 0 Å². The van der Waals surface area contributed by atoms with E-state index in [0.717, 1.165) is 6.42 Å². The van der Waals surface area contributed by atoms with E-state index in [4.69, 9.17) is 9.47 Å². The molecule has 0 saturated heterocycles. The molecule has 3 nitrogen and oxygen atoms in total. The maximum absolute atomic E-state index is 10.9. The van der Waals surface area contributed by atoms with Gasteiger partial charge in [-0.1, -0.05) is 0 Å². The lowest BCUT2D eigenvalue weighted by molar-refractivity contribution is -0.123. The summed E-state index contributed by atoms with van der Waals surface area (Å²) >= 11 is 0. The SMILES string of the molecule is CCOCC(=O)CCCOC. The molecular formula is C8H16O3. The normalized spacial score (nSPS) is 10.0. The van der Waals surface area contributed by atoms with Crippen LogP contribution < -0.4 is 0 Å². The number of carbonyl (C=O) groups is 1. The van der Waals surface area contributed by atoms with Crippen molar-refractivity contribution in [3.8, 4) is 0 Å². The maximum Gasteiger partial charge on any atom is 0.158 e. The van der Waals surface area contributed by atoms with Gasteiger partial charge in [0, 0.05) is 26.7 Å². The zero-order valence-electron chi connectivity index (χ0n) is 7.26. The van der Waals surface area contributed by atoms with Gasteiger partial charge in [-0.05, 0) is 13.3 Å². The van der Waals surface area contributed by atoms with Gasteiger partial charge in [0.2, 0.25) is 0 Å². The van der Waals surface area contributed by atoms with Crippen molar-refractivity contribution in [2.45, 2.75) is 19.8 Å². The van der Waals surface area contributed by atoms with Crippen LogP contribution in [0.5, 0.6) is 0 Å². The fraction of sp³-hybridized carbons (Fsp3) is 0.875. The summed E-state index contributed by atoms with van der Waals surface area (Å²) in [4.78, 5) is 10.9. The number of hydrogen-bond acceptors (Lipinski definition) is 3. The summed E-state index contributed by atoms with van der Waals surface area (Å²) in [5, 5.41) is 0. The molecule has 0 aliphatic heterocycles. The largest absolute Gasteiger partial charge is 0.385 e. The zero-order valence-corrected chi connectivity index (χ0v) is 7.26. The van der Waals surface area contributed by atoms with Crippen LogP contribution in [0.15, 0.2) is 0 Å². The third kappa shape index (κ3) is 7.49. The minimum atomic E-state index is 0.156. The van der Waals surface area contributed by atoms with Gasteiger partial charge in [-0.25, -0.2) is 0 Å². The first-order valence-corrected chi connectivity index (χ1v) is 3.89. The van der Waals surface area contributed by atoms with E-state index in [1.165, 1.54) is 0 Å². The topological polar surface area (TPSA) is 35.5 Å². The molecule has 0 amide bonds. The molecule has 0 aliphatic carbocycles. The molecule has 0 radical (unpaired) electrons. The number of rotatable bonds is 7. The van der Waals surface area contributed by atoms with E-state index in [0.29, 0.717) is 19.6 Å². The Kier molecular flexibility index (Phi) is 7.41. The van der Waals surface area contributed by atoms with Crippen molar-refractivity contribution >= 4 is 5.78 Å². The Labute approximate surface area is 67.7 Å². The molecule has 0 rings (SSSR count). The van der Waals surface area contributed by atoms with E-state index in [2.05, 4.69) is 0 Å². The molecule has 0 atom stereocenters. The van der Waals surface area contributed by atoms with Crippen molar-refractivity contribution in [1.82, 2.24) is 0 Å². The Balaban J connectivity index is 3.09. The Morgan fingerprint density at radius 1 is 1.45 bits per heavy atom. The predicted molar refractivity (Wildman–Crippen MR) is 42.6 cm³/mol. The molecule has 0 aliphatic rings. The van der Waals surface area contributed by atoms with Crippen molar-refractivity contribution < 1.29 is 14.3 Å². The second-order valence-corrected chi connectivity index (χ2v) is 2.27. The van der Waals surface area contributed by atoms with Crippen LogP contribution in [0.4, 0.5) is 0 Å². The average molecular weight is 160 g/mol. The van der Waals surface area contributed by atoms with E-state index >= 15 is 0 Å². The van der Waals surface area contributed by atoms with Crippen molar-refractivity contribution in [2.75, 3.05) is 26.9 Å². The Morgan fingerprint density at radius 3 is 2.73 bits per heavy atom. The highest BCUT2D eigenvalue weighted by Crippen LogP contribution is 1.91. The van der Waals surface area contributed by atoms with Crippen LogP contribution in [0.2, 0.25) is 0 Å². The summed E-state index contributed by atoms with van der Waals surface area (Å²) in [7, 11) is 1.63. The van der Waals surface area contributed by atoms with Crippen molar-refractivity contribution in [2.24, 2.45) is 0 Å². The Hall–Kier alpha value is -0.410. The van der Waals surface area contributed by atoms with Crippen LogP contribution in [-0.2, 0) is 14.3 Å². The summed E-state index contributed by atoms with van der Waals surface area (Å²) in [6, 6.07) is 0. The quantitative estimate of drug-likeness (QED) is 0.521. The summed E-state index contributed by atoms with van der Waals surface area (Å²) < 4.78 is 9.74. The molecule has 0 unspecified atom stereocenters. The number of ether oxygens (including phenoxy) is 2. The Bertz CT molecular complexity index is 102. The minimum absolute atomic E-state index is 0.156. The van der Waals surface area contributed by atoms with Crippen LogP contribution in [0.3, 0.4) is 0 Å². The van der Waals surface area contributed by atoms with E-state index in [9.17, 15) is 4.79 Å². The molecule has 0 saturated carbocycles. The summed E-state index contributed by atoms with van der Waals surface area (Å²) in [6.45, 7) is 3.39. The first-order chi connectivity index (χ1) is 5.31. The van der Waals surface area contributed by atoms with Gasteiger partial charge >= 0.3 is 0 Å². The summed E-state index contributed by atoms with van der Waals surface area (Å²) in [5.74, 6) is 0.156. The Morgan fingerprint density at radius 2 is 2.18 bits per heavy atom. The fourth-order valence-electron chi connectivity index (χ4n) is 0.702. The monoisotopic (exact) mass is 160 g/mol. The second-order valence-electron chi connectivity index (χ2n) is 2.27. The van der Waals surface area contributed by atoms with E-state index in [1.54, 1.807) is 7.11 Å². The molecule has 0 aromatic heterocycles. The molecule has 0 aromatic carbocycles. The number of carbonyl (C=O) groups excluding carboxylic acids is 1. The van der Waals surface area contributed by atoms with Crippen molar-refractivity contribution in [1.29, 1.82) is 0 Å². The molecule has 0 heterocycles. The van der Waals surface area contributed by atoms with Gasteiger partial charge in [-0.2, -0.15) is 0 Å². The number of methoxy groups -OCH3 is 1. The van der Waals surface area contributed by atoms with Crippen LogP contribution in [0.1, 0.15) is 19.8 Å². The summed E-state index contributed by atoms with van der Waals surface area (Å²) in [6.07, 6.45) is 1.36. The zero-order chi connectivity index (χ0) is 8.53. The highest BCUT2D eigenvalue weighted by atomic mass is 16.5. The smallest absolute Gasteiger partial charge is 0.158 e. The molecular weight excluding hydrogens is 144 g/mol. The highest BCUT2D eigenvalue weighted by molar-refractivity contribution is 5.79. The van der Waals surface area contributed by atoms with Gasteiger partial charge < -0.3 is 9.47 Å². The molecule has 0 aromatic rings. The molecule has 0 N–H and O–H groups in total. The van der Waals surface area contributed by atoms with Crippen LogP contribution in [0.25, 0.3) is 0 Å². The number of ketones is 1. The van der Waals surface area contributed by atoms with Gasteiger partial charge in [0.15, 0.2) is 5.78 Å². The third-order valence-electron chi connectivity index (χ3n) is 1.27. The van der Waals surface area contributed by atoms with Crippen molar-refractivity contribution in [3.63, 3.8) is 0 Å². The maximum atomic E-state index is 10.9. The van der Waals surface area contributed by atoms with Gasteiger partial charge in [0.05, 0.1) is 0 Å². The lowest BCUT2D eigenvalue weighted by atomic mass is 10.2. The van der Waals surface area contributed by atoms with E-state index in [1.807, 2.05) is 6.92 Å². The first kappa shape index (κ1) is 10.6. The fourth-order valence-corrected chi connectivity index (χ4v) is 0.702. The minimum Gasteiger partial charge on any atom is -0.385 e. The van der Waals surface area contributed by atoms with Gasteiger partial charge in [-0.15, -0.1) is 0 Å². The average Bonchev–Trinajstić information content (AvgIpc) is 2.01. The first-order valence-electron chi connectivity index (χ1n) is 3.89. The highest BCUT2D eigenvalue weighted by Gasteiger charge is 1.99. The standard InChI is InChI=1S/C8H16O3/c1-3-11-7-8(9)5-4-6-10-2/h3-7H2,1-2H3. The van der Waals surface area contributed by atoms with Gasteiger partial charge in [0.25, 0.3) is 0 Å². The third-order valence-corrected chi connectivity index (χ3v) is 1.27. The summed E-state index contributed by atoms with van der Waals surface area (Å²) in [5.41, 5.74) is 0. The molecule has 3 heteroatoms. The van der Waals surface area contributed by atoms with Crippen molar-refractivity contribution in [3.05, 3.63) is 0 Å². The molecule has 11 heavy (non-hydrogen) atoms. The van der Waals surface area contributed by atoms with E-state index < -0.39 is 0 Å². The van der Waals surface area contributed by atoms with E-state index in [-0.39, 0.29) is 12.4 Å². The molecule has 0 fully saturated rings. The molecule has 0 bridgehead atoms. The van der Waals surface area contributed by atoms with Crippen LogP contribution in [-0.4, -0.2) is 32.7 Å². The predicted octanol–water partition coefficient (Wildman–Crippen LogP) is 1.02. The lowest BCUT2D eigenvalue weighted by Gasteiger charge is -1.99. The number of Topliss-reactive ketones (excluding diaryl/α,β-unsaturated/α-hetero) is 1. The lowest BCUT2D eigenvalue weighted by Crippen LogP contribution is -2.08. The van der Waals surface area contributed by atoms with Gasteiger partial charge in [0.1, 0.15) is 6.61 Å². The molecule has 66 valence electrons. The second kappa shape index (κ2) is 7.69. The number of hydrogen-bond donors (Lipinski definition) is 0. The molecule has 0 spiro atoms.